The summed E-state index contributed by atoms with van der Waals surface area (Å²) in [6.07, 6.45) is 2.51. The largest absolute Gasteiger partial charge is 0.483 e. The molecule has 1 amide bonds. The van der Waals surface area contributed by atoms with Gasteiger partial charge in [-0.2, -0.15) is 0 Å². The number of aliphatic carboxylic acids is 1. The highest BCUT2D eigenvalue weighted by Crippen LogP contribution is 2.41. The number of hydrogen-bond acceptors (Lipinski definition) is 4. The van der Waals surface area contributed by atoms with Crippen LogP contribution in [0.3, 0.4) is 0 Å². The zero-order valence-corrected chi connectivity index (χ0v) is 13.4. The average molecular weight is 319 g/mol. The van der Waals surface area contributed by atoms with Crippen LogP contribution in [-0.2, 0) is 16.0 Å². The molecule has 1 heterocycles. The van der Waals surface area contributed by atoms with Gasteiger partial charge in [-0.1, -0.05) is 12.1 Å². The van der Waals surface area contributed by atoms with Crippen LogP contribution in [0.1, 0.15) is 32.3 Å². The Morgan fingerprint density at radius 1 is 1.39 bits per heavy atom. The number of nitrogens with zero attached hydrogens (tertiary/aromatic N) is 1. The first-order valence-electron chi connectivity index (χ1n) is 7.81. The molecule has 1 fully saturated rings. The Morgan fingerprint density at radius 3 is 2.78 bits per heavy atom. The minimum Gasteiger partial charge on any atom is -0.483 e. The Hall–Kier alpha value is -2.24. The first-order valence-corrected chi connectivity index (χ1v) is 7.81. The van der Waals surface area contributed by atoms with Crippen molar-refractivity contribution < 1.29 is 24.2 Å². The van der Waals surface area contributed by atoms with Crippen molar-refractivity contribution in [2.75, 3.05) is 13.2 Å². The molecule has 1 saturated carbocycles. The number of fused-ring (bicyclic) bond motifs is 1. The van der Waals surface area contributed by atoms with E-state index in [2.05, 4.69) is 0 Å². The fourth-order valence-electron chi connectivity index (χ4n) is 2.88. The molecule has 0 unspecified atom stereocenters. The van der Waals surface area contributed by atoms with Crippen molar-refractivity contribution >= 4 is 11.9 Å². The van der Waals surface area contributed by atoms with Gasteiger partial charge in [-0.3, -0.25) is 9.59 Å². The second-order valence-corrected chi connectivity index (χ2v) is 6.72. The van der Waals surface area contributed by atoms with E-state index in [9.17, 15) is 9.59 Å². The van der Waals surface area contributed by atoms with Gasteiger partial charge in [0, 0.05) is 18.0 Å². The summed E-state index contributed by atoms with van der Waals surface area (Å²) in [5, 5.41) is 8.92. The fourth-order valence-corrected chi connectivity index (χ4v) is 2.88. The van der Waals surface area contributed by atoms with Crippen LogP contribution in [0, 0.1) is 0 Å². The van der Waals surface area contributed by atoms with Gasteiger partial charge in [0.15, 0.2) is 18.1 Å². The molecule has 1 aromatic rings. The molecule has 6 nitrogen and oxygen atoms in total. The average Bonchev–Trinajstić information content (AvgIpc) is 3.23. The molecule has 2 aliphatic rings. The summed E-state index contributed by atoms with van der Waals surface area (Å²) >= 11 is 0. The Balaban J connectivity index is 1.66. The van der Waals surface area contributed by atoms with Gasteiger partial charge in [-0.25, -0.2) is 0 Å². The number of carbonyl (C=O) groups is 2. The number of ether oxygens (including phenoxy) is 2. The van der Waals surface area contributed by atoms with Crippen molar-refractivity contribution in [3.05, 3.63) is 23.8 Å². The number of benzene rings is 1. The molecule has 1 N–H and O–H groups in total. The SMILES string of the molecule is CC1(C)Cc2cccc(OCC(=O)N(CC(=O)O)C3CC3)c2O1. The van der Waals surface area contributed by atoms with Crippen molar-refractivity contribution in [3.8, 4) is 11.5 Å². The van der Waals surface area contributed by atoms with Crippen molar-refractivity contribution in [2.24, 2.45) is 0 Å². The molecule has 3 rings (SSSR count). The van der Waals surface area contributed by atoms with E-state index < -0.39 is 5.97 Å². The van der Waals surface area contributed by atoms with E-state index in [0.717, 1.165) is 24.8 Å². The van der Waals surface area contributed by atoms with Gasteiger partial charge in [0.25, 0.3) is 5.91 Å². The van der Waals surface area contributed by atoms with Crippen LogP contribution in [-0.4, -0.2) is 46.7 Å². The molecule has 0 spiro atoms. The predicted molar refractivity (Wildman–Crippen MR) is 82.7 cm³/mol. The van der Waals surface area contributed by atoms with Crippen LogP contribution in [0.5, 0.6) is 11.5 Å². The summed E-state index contributed by atoms with van der Waals surface area (Å²) in [7, 11) is 0. The predicted octanol–water partition coefficient (Wildman–Crippen LogP) is 1.85. The van der Waals surface area contributed by atoms with Crippen LogP contribution < -0.4 is 9.47 Å². The minimum atomic E-state index is -1.00. The Bertz CT molecular complexity index is 636. The van der Waals surface area contributed by atoms with Gasteiger partial charge in [0.1, 0.15) is 12.1 Å². The standard InChI is InChI=1S/C17H21NO5/c1-17(2)8-11-4-3-5-13(16(11)23-17)22-10-14(19)18(9-15(20)21)12-6-7-12/h3-5,12H,6-10H2,1-2H3,(H,20,21). The Labute approximate surface area is 135 Å². The number of carboxylic acids is 1. The first-order chi connectivity index (χ1) is 10.9. The molecule has 0 saturated heterocycles. The maximum absolute atomic E-state index is 12.3. The zero-order chi connectivity index (χ0) is 16.6. The second-order valence-electron chi connectivity index (χ2n) is 6.72. The number of hydrogen-bond donors (Lipinski definition) is 1. The van der Waals surface area contributed by atoms with E-state index in [0.29, 0.717) is 11.5 Å². The Morgan fingerprint density at radius 2 is 2.13 bits per heavy atom. The van der Waals surface area contributed by atoms with E-state index in [1.165, 1.54) is 4.90 Å². The molecule has 23 heavy (non-hydrogen) atoms. The normalized spacial score (nSPS) is 18.0. The molecule has 0 aromatic heterocycles. The van der Waals surface area contributed by atoms with E-state index in [4.69, 9.17) is 14.6 Å². The monoisotopic (exact) mass is 319 g/mol. The topological polar surface area (TPSA) is 76.1 Å². The summed E-state index contributed by atoms with van der Waals surface area (Å²) in [6.45, 7) is 3.56. The van der Waals surface area contributed by atoms with E-state index >= 15 is 0 Å². The third-order valence-corrected chi connectivity index (χ3v) is 4.02. The van der Waals surface area contributed by atoms with Crippen LogP contribution >= 0.6 is 0 Å². The quantitative estimate of drug-likeness (QED) is 0.866. The minimum absolute atomic E-state index is 0.0406. The molecule has 124 valence electrons. The molecular weight excluding hydrogens is 298 g/mol. The lowest BCUT2D eigenvalue weighted by Gasteiger charge is -2.21. The fraction of sp³-hybridized carbons (Fsp3) is 0.529. The van der Waals surface area contributed by atoms with Crippen LogP contribution in [0.2, 0.25) is 0 Å². The zero-order valence-electron chi connectivity index (χ0n) is 13.4. The van der Waals surface area contributed by atoms with Crippen LogP contribution in [0.4, 0.5) is 0 Å². The maximum Gasteiger partial charge on any atom is 0.323 e. The van der Waals surface area contributed by atoms with E-state index in [1.807, 2.05) is 26.0 Å². The van der Waals surface area contributed by atoms with Gasteiger partial charge < -0.3 is 19.5 Å². The molecule has 0 radical (unpaired) electrons. The van der Waals surface area contributed by atoms with Crippen molar-refractivity contribution in [1.29, 1.82) is 0 Å². The van der Waals surface area contributed by atoms with Gasteiger partial charge in [0.2, 0.25) is 0 Å². The van der Waals surface area contributed by atoms with Gasteiger partial charge in [-0.05, 0) is 32.8 Å². The molecule has 0 atom stereocenters. The molecule has 1 aliphatic carbocycles. The number of rotatable bonds is 6. The second kappa shape index (κ2) is 5.76. The summed E-state index contributed by atoms with van der Waals surface area (Å²) < 4.78 is 11.5. The summed E-state index contributed by atoms with van der Waals surface area (Å²) in [4.78, 5) is 24.5. The molecule has 0 bridgehead atoms. The van der Waals surface area contributed by atoms with Crippen molar-refractivity contribution in [1.82, 2.24) is 4.90 Å². The summed E-state index contributed by atoms with van der Waals surface area (Å²) in [6, 6.07) is 5.67. The lowest BCUT2D eigenvalue weighted by Crippen LogP contribution is -2.40. The number of amides is 1. The summed E-state index contributed by atoms with van der Waals surface area (Å²) in [5.41, 5.74) is 0.777. The third-order valence-electron chi connectivity index (χ3n) is 4.02. The van der Waals surface area contributed by atoms with Gasteiger partial charge >= 0.3 is 5.97 Å². The summed E-state index contributed by atoms with van der Waals surface area (Å²) in [5.74, 6) is -0.0882. The molecular formula is C17H21NO5. The highest BCUT2D eigenvalue weighted by atomic mass is 16.5. The first kappa shape index (κ1) is 15.6. The molecule has 1 aromatic carbocycles. The van der Waals surface area contributed by atoms with E-state index in [-0.39, 0.29) is 30.7 Å². The molecule has 1 aliphatic heterocycles. The van der Waals surface area contributed by atoms with Crippen LogP contribution in [0.25, 0.3) is 0 Å². The molecule has 6 heteroatoms. The number of para-hydroxylation sites is 1. The lowest BCUT2D eigenvalue weighted by molar-refractivity contribution is -0.145. The highest BCUT2D eigenvalue weighted by molar-refractivity contribution is 5.83. The Kier molecular flexibility index (Phi) is 3.92. The van der Waals surface area contributed by atoms with Crippen molar-refractivity contribution in [2.45, 2.75) is 44.8 Å². The number of carbonyl (C=O) groups excluding carboxylic acids is 1. The number of carboxylic acid groups (broad SMARTS) is 1. The van der Waals surface area contributed by atoms with Crippen LogP contribution in [0.15, 0.2) is 18.2 Å². The van der Waals surface area contributed by atoms with Crippen molar-refractivity contribution in [3.63, 3.8) is 0 Å². The maximum atomic E-state index is 12.3. The highest BCUT2D eigenvalue weighted by Gasteiger charge is 2.35. The van der Waals surface area contributed by atoms with Gasteiger partial charge in [-0.15, -0.1) is 0 Å². The smallest absolute Gasteiger partial charge is 0.323 e. The lowest BCUT2D eigenvalue weighted by atomic mass is 10.0. The van der Waals surface area contributed by atoms with Gasteiger partial charge in [0.05, 0.1) is 0 Å². The van der Waals surface area contributed by atoms with E-state index in [1.54, 1.807) is 6.07 Å². The third kappa shape index (κ3) is 3.57.